The number of nitrogens with zero attached hydrogens (tertiary/aromatic N) is 2. The van der Waals surface area contributed by atoms with Gasteiger partial charge in [-0.25, -0.2) is 0 Å². The van der Waals surface area contributed by atoms with Gasteiger partial charge in [0.15, 0.2) is 0 Å². The van der Waals surface area contributed by atoms with Crippen LogP contribution in [-0.4, -0.2) is 23.9 Å². The first-order chi connectivity index (χ1) is 10.7. The van der Waals surface area contributed by atoms with Crippen LogP contribution in [0.1, 0.15) is 23.6 Å². The van der Waals surface area contributed by atoms with Crippen LogP contribution in [0, 0.1) is 0 Å². The van der Waals surface area contributed by atoms with Crippen LogP contribution in [0.4, 0.5) is 0 Å². The van der Waals surface area contributed by atoms with E-state index in [0.717, 1.165) is 16.9 Å². The lowest BCUT2D eigenvalue weighted by Gasteiger charge is -2.07. The Hall–Kier alpha value is -2.33. The minimum Gasteiger partial charge on any atom is -0.857 e. The second-order valence-corrected chi connectivity index (χ2v) is 5.48. The number of benzene rings is 2. The van der Waals surface area contributed by atoms with E-state index in [4.69, 9.17) is 16.3 Å². The minimum absolute atomic E-state index is 0.0888. The fraction of sp³-hybridized carbons (Fsp3) is 0.176. The lowest BCUT2D eigenvalue weighted by atomic mass is 10.0. The highest BCUT2D eigenvalue weighted by molar-refractivity contribution is 6.30. The van der Waals surface area contributed by atoms with Crippen LogP contribution < -0.4 is 9.84 Å². The molecule has 0 aromatic heterocycles. The van der Waals surface area contributed by atoms with Crippen LogP contribution in [0.25, 0.3) is 0 Å². The summed E-state index contributed by atoms with van der Waals surface area (Å²) in [4.78, 5) is 0. The number of hydrogen-bond acceptors (Lipinski definition) is 3. The lowest BCUT2D eigenvalue weighted by Crippen LogP contribution is -2.15. The Morgan fingerprint density at radius 1 is 1.18 bits per heavy atom. The first kappa shape index (κ1) is 14.6. The zero-order valence-corrected chi connectivity index (χ0v) is 12.8. The largest absolute Gasteiger partial charge is 0.857 e. The van der Waals surface area contributed by atoms with Crippen LogP contribution in [0.3, 0.4) is 0 Å². The van der Waals surface area contributed by atoms with Gasteiger partial charge in [0.05, 0.1) is 13.5 Å². The van der Waals surface area contributed by atoms with Gasteiger partial charge in [-0.3, -0.25) is 0 Å². The summed E-state index contributed by atoms with van der Waals surface area (Å²) in [5.41, 5.74) is 1.97. The van der Waals surface area contributed by atoms with E-state index in [-0.39, 0.29) is 11.9 Å². The molecule has 4 nitrogen and oxygen atoms in total. The molecular weight excluding hydrogens is 300 g/mol. The molecule has 2 aromatic rings. The number of hydrazone groups is 1. The van der Waals surface area contributed by atoms with Gasteiger partial charge in [0, 0.05) is 22.0 Å². The third kappa shape index (κ3) is 3.12. The molecule has 0 bridgehead atoms. The minimum atomic E-state index is -0.119. The number of methoxy groups -OCH3 is 1. The highest BCUT2D eigenvalue weighted by atomic mass is 35.5. The predicted molar refractivity (Wildman–Crippen MR) is 84.7 cm³/mol. The first-order valence-electron chi connectivity index (χ1n) is 6.93. The van der Waals surface area contributed by atoms with E-state index in [1.165, 1.54) is 0 Å². The third-order valence-corrected chi connectivity index (χ3v) is 3.82. The smallest absolute Gasteiger partial charge is 0.213 e. The molecule has 1 heterocycles. The van der Waals surface area contributed by atoms with E-state index in [2.05, 4.69) is 5.10 Å². The van der Waals surface area contributed by atoms with Crippen molar-refractivity contribution in [2.45, 2.75) is 12.5 Å². The molecule has 0 unspecified atom stereocenters. The first-order valence-corrected chi connectivity index (χ1v) is 7.31. The number of ether oxygens (including phenoxy) is 1. The Morgan fingerprint density at radius 2 is 1.86 bits per heavy atom. The lowest BCUT2D eigenvalue weighted by molar-refractivity contribution is -0.563. The van der Waals surface area contributed by atoms with Crippen LogP contribution in [0.15, 0.2) is 53.6 Å². The van der Waals surface area contributed by atoms with Crippen molar-refractivity contribution in [2.24, 2.45) is 5.10 Å². The Kier molecular flexibility index (Phi) is 4.11. The molecule has 0 saturated carbocycles. The van der Waals surface area contributed by atoms with Gasteiger partial charge in [-0.15, -0.1) is 0 Å². The molecule has 5 heteroatoms. The normalized spacial score (nSPS) is 19.3. The van der Waals surface area contributed by atoms with E-state index in [1.54, 1.807) is 11.8 Å². The molecule has 1 aliphatic rings. The molecule has 2 aromatic carbocycles. The molecular formula is C17H15ClN2O2. The van der Waals surface area contributed by atoms with Crippen molar-refractivity contribution in [1.29, 1.82) is 0 Å². The standard InChI is InChI=1S/C17H15ClN2O2/c1-22-15-8-4-13(5-9-15)16-10-17(21)19-20(16)11-12-2-6-14(18)7-3-12/h2-9,11,16H,10H2,1H3/b20-11-/t16-/m1/s1. The molecule has 112 valence electrons. The second-order valence-electron chi connectivity index (χ2n) is 5.05. The Bertz CT molecular complexity index is 721. The Balaban J connectivity index is 1.91. The van der Waals surface area contributed by atoms with Crippen molar-refractivity contribution in [3.63, 3.8) is 0 Å². The van der Waals surface area contributed by atoms with Crippen LogP contribution in [0.2, 0.25) is 5.02 Å². The van der Waals surface area contributed by atoms with Crippen molar-refractivity contribution in [1.82, 2.24) is 0 Å². The summed E-state index contributed by atoms with van der Waals surface area (Å²) in [6, 6.07) is 15.0. The summed E-state index contributed by atoms with van der Waals surface area (Å²) < 4.78 is 6.88. The van der Waals surface area contributed by atoms with Crippen molar-refractivity contribution in [3.05, 3.63) is 64.7 Å². The molecule has 3 rings (SSSR count). The van der Waals surface area contributed by atoms with E-state index < -0.39 is 0 Å². The van der Waals surface area contributed by atoms with Crippen molar-refractivity contribution >= 4 is 23.7 Å². The Morgan fingerprint density at radius 3 is 2.50 bits per heavy atom. The van der Waals surface area contributed by atoms with E-state index >= 15 is 0 Å². The zero-order chi connectivity index (χ0) is 15.5. The summed E-state index contributed by atoms with van der Waals surface area (Å²) in [7, 11) is 1.63. The fourth-order valence-corrected chi connectivity index (χ4v) is 2.54. The molecule has 0 amide bonds. The molecule has 0 aliphatic carbocycles. The monoisotopic (exact) mass is 314 g/mol. The molecule has 0 radical (unpaired) electrons. The maximum Gasteiger partial charge on any atom is 0.213 e. The van der Waals surface area contributed by atoms with E-state index in [0.29, 0.717) is 11.4 Å². The van der Waals surface area contributed by atoms with Crippen LogP contribution in [0.5, 0.6) is 5.75 Å². The maximum atomic E-state index is 11.7. The van der Waals surface area contributed by atoms with E-state index in [9.17, 15) is 5.11 Å². The summed E-state index contributed by atoms with van der Waals surface area (Å²) in [6.45, 7) is 0. The fourth-order valence-electron chi connectivity index (χ4n) is 2.42. The van der Waals surface area contributed by atoms with Gasteiger partial charge in [-0.2, -0.15) is 0 Å². The van der Waals surface area contributed by atoms with Crippen molar-refractivity contribution in [2.75, 3.05) is 7.11 Å². The number of rotatable bonds is 3. The van der Waals surface area contributed by atoms with Gasteiger partial charge in [0.1, 0.15) is 5.75 Å². The van der Waals surface area contributed by atoms with Gasteiger partial charge in [0.25, 0.3) is 0 Å². The average molecular weight is 315 g/mol. The predicted octanol–water partition coefficient (Wildman–Crippen LogP) is 2.60. The van der Waals surface area contributed by atoms with Crippen molar-refractivity contribution < 1.29 is 14.5 Å². The maximum absolute atomic E-state index is 11.7. The van der Waals surface area contributed by atoms with Gasteiger partial charge in [0.2, 0.25) is 12.3 Å². The van der Waals surface area contributed by atoms with Gasteiger partial charge in [-0.05, 0) is 53.6 Å². The molecule has 22 heavy (non-hydrogen) atoms. The molecule has 0 spiro atoms. The molecule has 1 atom stereocenters. The topological polar surface area (TPSA) is 47.7 Å². The molecule has 1 aliphatic heterocycles. The van der Waals surface area contributed by atoms with Crippen molar-refractivity contribution in [3.8, 4) is 5.75 Å². The van der Waals surface area contributed by atoms with E-state index in [1.807, 2.05) is 54.7 Å². The molecule has 0 fully saturated rings. The zero-order valence-electron chi connectivity index (χ0n) is 12.1. The van der Waals surface area contributed by atoms with Gasteiger partial charge < -0.3 is 9.84 Å². The van der Waals surface area contributed by atoms with Gasteiger partial charge >= 0.3 is 0 Å². The van der Waals surface area contributed by atoms with Crippen LogP contribution in [-0.2, 0) is 0 Å². The summed E-state index contributed by atoms with van der Waals surface area (Å²) >= 11 is 5.89. The SMILES string of the molecule is COc1ccc([C@H]2CC([O-])=N/[N+]2=C\c2ccc(Cl)cc2)cc1. The quantitative estimate of drug-likeness (QED) is 0.818. The highest BCUT2D eigenvalue weighted by Gasteiger charge is 2.29. The Labute approximate surface area is 133 Å². The summed E-state index contributed by atoms with van der Waals surface area (Å²) in [5, 5.41) is 16.5. The summed E-state index contributed by atoms with van der Waals surface area (Å²) in [6.07, 6.45) is 2.23. The highest BCUT2D eigenvalue weighted by Crippen LogP contribution is 2.27. The number of hydrogen-bond donors (Lipinski definition) is 0. The molecule has 0 N–H and O–H groups in total. The van der Waals surface area contributed by atoms with Crippen LogP contribution >= 0.6 is 11.6 Å². The summed E-state index contributed by atoms with van der Waals surface area (Å²) in [5.74, 6) is 0.671. The molecule has 0 saturated heterocycles. The average Bonchev–Trinajstić information content (AvgIpc) is 2.90. The third-order valence-electron chi connectivity index (χ3n) is 3.57. The van der Waals surface area contributed by atoms with Gasteiger partial charge in [-0.1, -0.05) is 16.3 Å². The second kappa shape index (κ2) is 6.20. The number of halogens is 1.